The van der Waals surface area contributed by atoms with E-state index in [1.807, 2.05) is 38.1 Å². The Morgan fingerprint density at radius 2 is 1.89 bits per heavy atom. The van der Waals surface area contributed by atoms with Gasteiger partial charge in [-0.25, -0.2) is 0 Å². The van der Waals surface area contributed by atoms with E-state index in [1.54, 1.807) is 19.2 Å². The number of aryl methyl sites for hydroxylation is 2. The zero-order valence-corrected chi connectivity index (χ0v) is 11.4. The van der Waals surface area contributed by atoms with E-state index in [1.165, 1.54) is 0 Å². The molecule has 0 aromatic heterocycles. The van der Waals surface area contributed by atoms with Gasteiger partial charge in [0.1, 0.15) is 5.75 Å². The van der Waals surface area contributed by atoms with Crippen molar-refractivity contribution in [1.29, 1.82) is 0 Å². The molecule has 0 amide bonds. The van der Waals surface area contributed by atoms with Crippen LogP contribution in [0.5, 0.6) is 5.75 Å². The first-order valence-corrected chi connectivity index (χ1v) is 6.09. The topological polar surface area (TPSA) is 52.3 Å². The van der Waals surface area contributed by atoms with Crippen LogP contribution in [0, 0.1) is 13.8 Å². The molecule has 2 aromatic carbocycles. The summed E-state index contributed by atoms with van der Waals surface area (Å²) in [6.07, 6.45) is 0. The van der Waals surface area contributed by atoms with E-state index < -0.39 is 0 Å². The van der Waals surface area contributed by atoms with Crippen LogP contribution >= 0.6 is 0 Å². The van der Waals surface area contributed by atoms with Crippen molar-refractivity contribution in [3.05, 3.63) is 58.7 Å². The molecule has 0 atom stereocenters. The molecular formula is C16H17NO2. The third kappa shape index (κ3) is 2.45. The van der Waals surface area contributed by atoms with Crippen LogP contribution < -0.4 is 10.5 Å². The summed E-state index contributed by atoms with van der Waals surface area (Å²) in [7, 11) is 1.56. The van der Waals surface area contributed by atoms with Crippen LogP contribution in [0.2, 0.25) is 0 Å². The lowest BCUT2D eigenvalue weighted by atomic mass is 9.96. The van der Waals surface area contributed by atoms with Crippen LogP contribution in [-0.4, -0.2) is 12.9 Å². The minimum Gasteiger partial charge on any atom is -0.496 e. The molecule has 0 aliphatic rings. The van der Waals surface area contributed by atoms with Crippen molar-refractivity contribution in [3.8, 4) is 5.75 Å². The Bertz CT molecular complexity index is 612. The lowest BCUT2D eigenvalue weighted by Crippen LogP contribution is -2.09. The number of ketones is 1. The van der Waals surface area contributed by atoms with Gasteiger partial charge in [0.15, 0.2) is 5.78 Å². The van der Waals surface area contributed by atoms with Crippen molar-refractivity contribution in [1.82, 2.24) is 0 Å². The molecule has 2 N–H and O–H groups in total. The van der Waals surface area contributed by atoms with Crippen LogP contribution in [0.25, 0.3) is 0 Å². The van der Waals surface area contributed by atoms with Crippen molar-refractivity contribution >= 4 is 11.5 Å². The number of ether oxygens (including phenoxy) is 1. The third-order valence-corrected chi connectivity index (χ3v) is 3.13. The summed E-state index contributed by atoms with van der Waals surface area (Å²) in [5.74, 6) is 0.467. The molecule has 0 heterocycles. The van der Waals surface area contributed by atoms with Gasteiger partial charge in [0.2, 0.25) is 0 Å². The summed E-state index contributed by atoms with van der Waals surface area (Å²) in [6.45, 7) is 3.82. The van der Waals surface area contributed by atoms with E-state index in [2.05, 4.69) is 0 Å². The van der Waals surface area contributed by atoms with Crippen LogP contribution in [0.1, 0.15) is 27.0 Å². The number of carbonyl (C=O) groups is 1. The fourth-order valence-corrected chi connectivity index (χ4v) is 2.13. The molecule has 0 saturated carbocycles. The number of methoxy groups -OCH3 is 1. The molecule has 2 aromatic rings. The molecule has 3 heteroatoms. The molecular weight excluding hydrogens is 238 g/mol. The predicted octanol–water partition coefficient (Wildman–Crippen LogP) is 3.13. The molecule has 0 spiro atoms. The lowest BCUT2D eigenvalue weighted by molar-refractivity contribution is 0.103. The predicted molar refractivity (Wildman–Crippen MR) is 76.8 cm³/mol. The van der Waals surface area contributed by atoms with E-state index in [0.29, 0.717) is 22.6 Å². The summed E-state index contributed by atoms with van der Waals surface area (Å²) in [6, 6.07) is 11.0. The second kappa shape index (κ2) is 5.14. The molecule has 0 aliphatic heterocycles. The van der Waals surface area contributed by atoms with Gasteiger partial charge in [-0.2, -0.15) is 0 Å². The van der Waals surface area contributed by atoms with Gasteiger partial charge in [-0.05, 0) is 37.6 Å². The van der Waals surface area contributed by atoms with Crippen LogP contribution in [0.3, 0.4) is 0 Å². The molecule has 0 saturated heterocycles. The molecule has 0 aliphatic carbocycles. The number of nitrogen functional groups attached to an aromatic ring is 1. The first kappa shape index (κ1) is 13.1. The van der Waals surface area contributed by atoms with Crippen LogP contribution in [0.4, 0.5) is 5.69 Å². The first-order chi connectivity index (χ1) is 9.04. The maximum Gasteiger partial charge on any atom is 0.199 e. The van der Waals surface area contributed by atoms with Gasteiger partial charge in [0, 0.05) is 11.3 Å². The monoisotopic (exact) mass is 255 g/mol. The van der Waals surface area contributed by atoms with E-state index in [4.69, 9.17) is 10.5 Å². The first-order valence-electron chi connectivity index (χ1n) is 6.09. The van der Waals surface area contributed by atoms with Gasteiger partial charge in [-0.3, -0.25) is 4.79 Å². The van der Waals surface area contributed by atoms with Gasteiger partial charge in [0.25, 0.3) is 0 Å². The minimum absolute atomic E-state index is 0.101. The number of hydrogen-bond acceptors (Lipinski definition) is 3. The molecule has 98 valence electrons. The van der Waals surface area contributed by atoms with Crippen molar-refractivity contribution < 1.29 is 9.53 Å². The second-order valence-corrected chi connectivity index (χ2v) is 4.57. The van der Waals surface area contributed by atoms with E-state index in [9.17, 15) is 4.79 Å². The Hall–Kier alpha value is -2.29. The minimum atomic E-state index is -0.101. The normalized spacial score (nSPS) is 10.3. The summed E-state index contributed by atoms with van der Waals surface area (Å²) >= 11 is 0. The van der Waals surface area contributed by atoms with Crippen molar-refractivity contribution in [3.63, 3.8) is 0 Å². The molecule has 19 heavy (non-hydrogen) atoms. The molecule has 0 unspecified atom stereocenters. The standard InChI is InChI=1S/C16H17NO2/c1-10-7-8-14(19-3)12(9-10)16(18)15-11(2)5-4-6-13(15)17/h4-9H,17H2,1-3H3. The fourth-order valence-electron chi connectivity index (χ4n) is 2.13. The third-order valence-electron chi connectivity index (χ3n) is 3.13. The fraction of sp³-hybridized carbons (Fsp3) is 0.188. The maximum atomic E-state index is 12.7. The Balaban J connectivity index is 2.59. The SMILES string of the molecule is COc1ccc(C)cc1C(=O)c1c(C)cccc1N. The zero-order chi connectivity index (χ0) is 14.0. The largest absolute Gasteiger partial charge is 0.496 e. The average Bonchev–Trinajstić information content (AvgIpc) is 2.38. The van der Waals surface area contributed by atoms with Gasteiger partial charge >= 0.3 is 0 Å². The summed E-state index contributed by atoms with van der Waals surface area (Å²) in [5.41, 5.74) is 9.39. The van der Waals surface area contributed by atoms with Crippen molar-refractivity contribution in [2.24, 2.45) is 0 Å². The summed E-state index contributed by atoms with van der Waals surface area (Å²) in [5, 5.41) is 0. The zero-order valence-electron chi connectivity index (χ0n) is 11.4. The molecule has 0 fully saturated rings. The van der Waals surface area contributed by atoms with E-state index in [-0.39, 0.29) is 5.78 Å². The van der Waals surface area contributed by atoms with Crippen molar-refractivity contribution in [2.75, 3.05) is 12.8 Å². The number of nitrogens with two attached hydrogens (primary N) is 1. The Morgan fingerprint density at radius 1 is 1.16 bits per heavy atom. The maximum absolute atomic E-state index is 12.7. The molecule has 0 bridgehead atoms. The van der Waals surface area contributed by atoms with Gasteiger partial charge in [-0.15, -0.1) is 0 Å². The van der Waals surface area contributed by atoms with Gasteiger partial charge < -0.3 is 10.5 Å². The van der Waals surface area contributed by atoms with Gasteiger partial charge in [-0.1, -0.05) is 23.8 Å². The van der Waals surface area contributed by atoms with Gasteiger partial charge in [0.05, 0.1) is 12.7 Å². The highest BCUT2D eigenvalue weighted by molar-refractivity contribution is 6.14. The Kier molecular flexibility index (Phi) is 3.56. The summed E-state index contributed by atoms with van der Waals surface area (Å²) in [4.78, 5) is 12.7. The van der Waals surface area contributed by atoms with Crippen molar-refractivity contribution in [2.45, 2.75) is 13.8 Å². The van der Waals surface area contributed by atoms with Crippen LogP contribution in [-0.2, 0) is 0 Å². The van der Waals surface area contributed by atoms with Crippen LogP contribution in [0.15, 0.2) is 36.4 Å². The Labute approximate surface area is 113 Å². The molecule has 3 nitrogen and oxygen atoms in total. The number of hydrogen-bond donors (Lipinski definition) is 1. The lowest BCUT2D eigenvalue weighted by Gasteiger charge is -2.12. The Morgan fingerprint density at radius 3 is 2.53 bits per heavy atom. The highest BCUT2D eigenvalue weighted by Crippen LogP contribution is 2.26. The average molecular weight is 255 g/mol. The number of anilines is 1. The highest BCUT2D eigenvalue weighted by Gasteiger charge is 2.18. The quantitative estimate of drug-likeness (QED) is 0.677. The highest BCUT2D eigenvalue weighted by atomic mass is 16.5. The summed E-state index contributed by atoms with van der Waals surface area (Å²) < 4.78 is 5.26. The number of rotatable bonds is 3. The smallest absolute Gasteiger partial charge is 0.199 e. The number of carbonyl (C=O) groups excluding carboxylic acids is 1. The molecule has 2 rings (SSSR count). The van der Waals surface area contributed by atoms with E-state index >= 15 is 0 Å². The second-order valence-electron chi connectivity index (χ2n) is 4.57. The number of benzene rings is 2. The van der Waals surface area contributed by atoms with E-state index in [0.717, 1.165) is 11.1 Å². The molecule has 0 radical (unpaired) electrons.